The number of benzene rings is 2. The van der Waals surface area contributed by atoms with Crippen molar-refractivity contribution in [2.24, 2.45) is 0 Å². The average molecular weight is 273 g/mol. The first-order valence-electron chi connectivity index (χ1n) is 7.11. The third kappa shape index (κ3) is 1.73. The van der Waals surface area contributed by atoms with Crippen LogP contribution in [0.5, 0.6) is 0 Å². The van der Waals surface area contributed by atoms with Gasteiger partial charge in [0, 0.05) is 6.20 Å². The Kier molecular flexibility index (Phi) is 2.66. The predicted octanol–water partition coefficient (Wildman–Crippen LogP) is 3.27. The smallest absolute Gasteiger partial charge is 0.157 e. The number of fused-ring (bicyclic) bond motifs is 2. The second-order valence-corrected chi connectivity index (χ2v) is 5.42. The zero-order valence-electron chi connectivity index (χ0n) is 11.5. The van der Waals surface area contributed by atoms with Crippen LogP contribution >= 0.6 is 0 Å². The van der Waals surface area contributed by atoms with Crippen LogP contribution in [-0.2, 0) is 12.0 Å². The molecule has 1 N–H and O–H groups in total. The molecule has 1 aliphatic rings. The standard InChI is InChI=1S/C19H15NO/c21-19(18-11-5-6-12-20-18)16-9-3-1-7-14(16)13-15-8-2-4-10-17(15)19/h1-12,21H,13H2. The Morgan fingerprint density at radius 3 is 1.90 bits per heavy atom. The summed E-state index contributed by atoms with van der Waals surface area (Å²) in [7, 11) is 0. The van der Waals surface area contributed by atoms with E-state index in [9.17, 15) is 5.11 Å². The number of aromatic nitrogens is 1. The highest BCUT2D eigenvalue weighted by atomic mass is 16.3. The highest BCUT2D eigenvalue weighted by Gasteiger charge is 2.41. The Balaban J connectivity index is 2.06. The van der Waals surface area contributed by atoms with Gasteiger partial charge in [-0.3, -0.25) is 4.98 Å². The molecular formula is C19H15NO. The first-order valence-corrected chi connectivity index (χ1v) is 7.11. The molecule has 1 heterocycles. The highest BCUT2D eigenvalue weighted by molar-refractivity contribution is 5.56. The number of hydrogen-bond donors (Lipinski definition) is 1. The van der Waals surface area contributed by atoms with E-state index in [0.29, 0.717) is 5.69 Å². The molecule has 3 aromatic rings. The number of hydrogen-bond acceptors (Lipinski definition) is 2. The van der Waals surface area contributed by atoms with E-state index in [4.69, 9.17) is 0 Å². The van der Waals surface area contributed by atoms with Gasteiger partial charge in [0.2, 0.25) is 0 Å². The summed E-state index contributed by atoms with van der Waals surface area (Å²) < 4.78 is 0. The minimum absolute atomic E-state index is 0.671. The van der Waals surface area contributed by atoms with E-state index in [-0.39, 0.29) is 0 Å². The van der Waals surface area contributed by atoms with Crippen molar-refractivity contribution in [1.29, 1.82) is 0 Å². The van der Waals surface area contributed by atoms with Crippen LogP contribution in [-0.4, -0.2) is 10.1 Å². The number of rotatable bonds is 1. The summed E-state index contributed by atoms with van der Waals surface area (Å²) >= 11 is 0. The van der Waals surface area contributed by atoms with E-state index >= 15 is 0 Å². The lowest BCUT2D eigenvalue weighted by molar-refractivity contribution is 0.116. The molecule has 21 heavy (non-hydrogen) atoms. The maximum atomic E-state index is 11.6. The fraction of sp³-hybridized carbons (Fsp3) is 0.105. The Hall–Kier alpha value is -2.45. The molecule has 0 bridgehead atoms. The SMILES string of the molecule is OC1(c2ccccn2)c2ccccc2Cc2ccccc21. The molecule has 0 amide bonds. The lowest BCUT2D eigenvalue weighted by atomic mass is 9.73. The summed E-state index contributed by atoms with van der Waals surface area (Å²) in [6.45, 7) is 0. The second-order valence-electron chi connectivity index (χ2n) is 5.42. The number of pyridine rings is 1. The Bertz CT molecular complexity index is 750. The highest BCUT2D eigenvalue weighted by Crippen LogP contribution is 2.43. The monoisotopic (exact) mass is 273 g/mol. The van der Waals surface area contributed by atoms with Gasteiger partial charge in [0.05, 0.1) is 5.69 Å². The lowest BCUT2D eigenvalue weighted by Crippen LogP contribution is -2.35. The summed E-state index contributed by atoms with van der Waals surface area (Å²) in [6, 6.07) is 21.8. The first-order chi connectivity index (χ1) is 10.3. The molecule has 0 saturated heterocycles. The Labute approximate surface area is 123 Å². The minimum Gasteiger partial charge on any atom is -0.374 e. The van der Waals surface area contributed by atoms with E-state index in [0.717, 1.165) is 28.7 Å². The van der Waals surface area contributed by atoms with Crippen LogP contribution in [0.15, 0.2) is 72.9 Å². The van der Waals surface area contributed by atoms with Gasteiger partial charge >= 0.3 is 0 Å². The van der Waals surface area contributed by atoms with Gasteiger partial charge in [0.1, 0.15) is 0 Å². The van der Waals surface area contributed by atoms with Gasteiger partial charge in [-0.25, -0.2) is 0 Å². The van der Waals surface area contributed by atoms with Gasteiger partial charge in [-0.2, -0.15) is 0 Å². The number of nitrogens with zero attached hydrogens (tertiary/aromatic N) is 1. The van der Waals surface area contributed by atoms with Crippen molar-refractivity contribution in [3.63, 3.8) is 0 Å². The van der Waals surface area contributed by atoms with Gasteiger partial charge in [-0.15, -0.1) is 0 Å². The molecule has 0 saturated carbocycles. The summed E-state index contributed by atoms with van der Waals surface area (Å²) in [6.07, 6.45) is 2.58. The van der Waals surface area contributed by atoms with Crippen LogP contribution in [0, 0.1) is 0 Å². The van der Waals surface area contributed by atoms with Crippen LogP contribution < -0.4 is 0 Å². The van der Waals surface area contributed by atoms with E-state index in [2.05, 4.69) is 17.1 Å². The number of aliphatic hydroxyl groups is 1. The molecule has 0 spiro atoms. The zero-order chi connectivity index (χ0) is 14.3. The first kappa shape index (κ1) is 12.3. The minimum atomic E-state index is -1.17. The van der Waals surface area contributed by atoms with Crippen molar-refractivity contribution >= 4 is 0 Å². The topological polar surface area (TPSA) is 33.1 Å². The maximum Gasteiger partial charge on any atom is 0.157 e. The van der Waals surface area contributed by atoms with E-state index in [1.807, 2.05) is 54.6 Å². The molecule has 0 atom stereocenters. The fourth-order valence-electron chi connectivity index (χ4n) is 3.26. The molecule has 4 rings (SSSR count). The maximum absolute atomic E-state index is 11.6. The molecule has 0 unspecified atom stereocenters. The van der Waals surface area contributed by atoms with Gasteiger partial charge in [0.25, 0.3) is 0 Å². The average Bonchev–Trinajstić information content (AvgIpc) is 2.56. The molecule has 1 aromatic heterocycles. The van der Waals surface area contributed by atoms with Crippen molar-refractivity contribution in [3.05, 3.63) is 101 Å². The molecule has 2 aromatic carbocycles. The quantitative estimate of drug-likeness (QED) is 0.738. The van der Waals surface area contributed by atoms with Crippen molar-refractivity contribution in [3.8, 4) is 0 Å². The van der Waals surface area contributed by atoms with Crippen molar-refractivity contribution in [2.75, 3.05) is 0 Å². The summed E-state index contributed by atoms with van der Waals surface area (Å²) in [5, 5.41) is 11.6. The van der Waals surface area contributed by atoms with Gasteiger partial charge in [-0.05, 0) is 40.8 Å². The summed E-state index contributed by atoms with van der Waals surface area (Å²) in [4.78, 5) is 4.42. The van der Waals surface area contributed by atoms with Crippen LogP contribution in [0.3, 0.4) is 0 Å². The largest absolute Gasteiger partial charge is 0.374 e. The molecular weight excluding hydrogens is 258 g/mol. The van der Waals surface area contributed by atoms with Crippen LogP contribution in [0.25, 0.3) is 0 Å². The van der Waals surface area contributed by atoms with Crippen molar-refractivity contribution in [2.45, 2.75) is 12.0 Å². The predicted molar refractivity (Wildman–Crippen MR) is 82.0 cm³/mol. The van der Waals surface area contributed by atoms with Gasteiger partial charge in [0.15, 0.2) is 5.60 Å². The van der Waals surface area contributed by atoms with Crippen LogP contribution in [0.4, 0.5) is 0 Å². The summed E-state index contributed by atoms with van der Waals surface area (Å²) in [5.41, 5.74) is 3.68. The Morgan fingerprint density at radius 1 is 0.762 bits per heavy atom. The normalized spacial score (nSPS) is 15.1. The van der Waals surface area contributed by atoms with Crippen molar-refractivity contribution < 1.29 is 5.11 Å². The van der Waals surface area contributed by atoms with Gasteiger partial charge < -0.3 is 5.11 Å². The molecule has 2 heteroatoms. The molecule has 2 nitrogen and oxygen atoms in total. The van der Waals surface area contributed by atoms with Crippen molar-refractivity contribution in [1.82, 2.24) is 4.98 Å². The Morgan fingerprint density at radius 2 is 1.33 bits per heavy atom. The van der Waals surface area contributed by atoms with E-state index in [1.165, 1.54) is 0 Å². The molecule has 0 radical (unpaired) electrons. The molecule has 0 aliphatic heterocycles. The van der Waals surface area contributed by atoms with Crippen LogP contribution in [0.2, 0.25) is 0 Å². The van der Waals surface area contributed by atoms with E-state index < -0.39 is 5.60 Å². The third-order valence-electron chi connectivity index (χ3n) is 4.23. The lowest BCUT2D eigenvalue weighted by Gasteiger charge is -2.36. The summed E-state index contributed by atoms with van der Waals surface area (Å²) in [5.74, 6) is 0. The zero-order valence-corrected chi connectivity index (χ0v) is 11.5. The van der Waals surface area contributed by atoms with Gasteiger partial charge in [-0.1, -0.05) is 54.6 Å². The fourth-order valence-corrected chi connectivity index (χ4v) is 3.26. The van der Waals surface area contributed by atoms with Crippen LogP contribution in [0.1, 0.15) is 27.9 Å². The second kappa shape index (κ2) is 4.54. The molecule has 1 aliphatic carbocycles. The van der Waals surface area contributed by atoms with E-state index in [1.54, 1.807) is 6.20 Å². The molecule has 0 fully saturated rings. The molecule has 102 valence electrons. The third-order valence-corrected chi connectivity index (χ3v) is 4.23.